The van der Waals surface area contributed by atoms with Gasteiger partial charge in [0.1, 0.15) is 0 Å². The van der Waals surface area contributed by atoms with E-state index in [0.717, 1.165) is 11.1 Å². The third-order valence-corrected chi connectivity index (χ3v) is 2.67. The van der Waals surface area contributed by atoms with Crippen LogP contribution < -0.4 is 11.1 Å². The van der Waals surface area contributed by atoms with Gasteiger partial charge in [-0.15, -0.1) is 0 Å². The fraction of sp³-hybridized carbons (Fsp3) is 0.0625. The normalized spacial score (nSPS) is 10.5. The molecule has 0 aliphatic carbocycles. The van der Waals surface area contributed by atoms with Crippen LogP contribution in [0.1, 0.15) is 11.1 Å². The van der Waals surface area contributed by atoms with Crippen LogP contribution in [0.3, 0.4) is 0 Å². The standard InChI is InChI=1S/C16H16N2O/c17-15-9-6-13(7-10-15)8-11-16(19)18-12-14-4-2-1-3-5-14/h1-11H,12,17H2,(H,18,19)/b11-8+. The number of hydrogen-bond donors (Lipinski definition) is 2. The molecule has 0 bridgehead atoms. The second-order valence-electron chi connectivity index (χ2n) is 4.20. The van der Waals surface area contributed by atoms with Crippen molar-refractivity contribution < 1.29 is 4.79 Å². The molecule has 0 unspecified atom stereocenters. The molecule has 0 aliphatic heterocycles. The Morgan fingerprint density at radius 1 is 1.05 bits per heavy atom. The summed E-state index contributed by atoms with van der Waals surface area (Å²) in [7, 11) is 0. The Bertz CT molecular complexity index is 559. The molecule has 3 nitrogen and oxygen atoms in total. The number of nitrogen functional groups attached to an aromatic ring is 1. The summed E-state index contributed by atoms with van der Waals surface area (Å²) in [6, 6.07) is 17.2. The number of anilines is 1. The molecule has 0 saturated carbocycles. The van der Waals surface area contributed by atoms with Crippen LogP contribution in [-0.4, -0.2) is 5.91 Å². The van der Waals surface area contributed by atoms with Gasteiger partial charge in [-0.3, -0.25) is 4.79 Å². The first kappa shape index (κ1) is 12.9. The van der Waals surface area contributed by atoms with Crippen LogP contribution in [0.25, 0.3) is 6.08 Å². The molecule has 0 aliphatic rings. The minimum Gasteiger partial charge on any atom is -0.399 e. The lowest BCUT2D eigenvalue weighted by Crippen LogP contribution is -2.20. The number of hydrogen-bond acceptors (Lipinski definition) is 2. The van der Waals surface area contributed by atoms with Gasteiger partial charge >= 0.3 is 0 Å². The Morgan fingerprint density at radius 2 is 1.74 bits per heavy atom. The average Bonchev–Trinajstić information content (AvgIpc) is 2.45. The lowest BCUT2D eigenvalue weighted by Gasteiger charge is -2.01. The van der Waals surface area contributed by atoms with E-state index in [1.54, 1.807) is 6.08 Å². The molecule has 2 aromatic rings. The van der Waals surface area contributed by atoms with Crippen LogP contribution in [0.5, 0.6) is 0 Å². The van der Waals surface area contributed by atoms with Gasteiger partial charge in [-0.25, -0.2) is 0 Å². The topological polar surface area (TPSA) is 55.1 Å². The van der Waals surface area contributed by atoms with Gasteiger partial charge in [0.15, 0.2) is 0 Å². The fourth-order valence-electron chi connectivity index (χ4n) is 1.62. The number of carbonyl (C=O) groups excluding carboxylic acids is 1. The number of benzene rings is 2. The number of nitrogens with two attached hydrogens (primary N) is 1. The summed E-state index contributed by atoms with van der Waals surface area (Å²) in [4.78, 5) is 11.6. The average molecular weight is 252 g/mol. The van der Waals surface area contributed by atoms with E-state index < -0.39 is 0 Å². The number of nitrogens with one attached hydrogen (secondary N) is 1. The van der Waals surface area contributed by atoms with E-state index in [9.17, 15) is 4.79 Å². The summed E-state index contributed by atoms with van der Waals surface area (Å²) in [6.45, 7) is 0.533. The van der Waals surface area contributed by atoms with Crippen molar-refractivity contribution in [3.05, 3.63) is 71.8 Å². The lowest BCUT2D eigenvalue weighted by atomic mass is 10.2. The predicted octanol–water partition coefficient (Wildman–Crippen LogP) is 2.60. The monoisotopic (exact) mass is 252 g/mol. The van der Waals surface area contributed by atoms with E-state index in [1.807, 2.05) is 54.6 Å². The van der Waals surface area contributed by atoms with Crippen LogP contribution in [-0.2, 0) is 11.3 Å². The van der Waals surface area contributed by atoms with Crippen LogP contribution in [0, 0.1) is 0 Å². The Morgan fingerprint density at radius 3 is 2.42 bits per heavy atom. The molecule has 0 heterocycles. The van der Waals surface area contributed by atoms with E-state index in [1.165, 1.54) is 6.08 Å². The Hall–Kier alpha value is -2.55. The molecule has 0 saturated heterocycles. The van der Waals surface area contributed by atoms with Crippen molar-refractivity contribution in [2.75, 3.05) is 5.73 Å². The molecule has 2 aromatic carbocycles. The Labute approximate surface area is 112 Å². The van der Waals surface area contributed by atoms with Gasteiger partial charge in [0, 0.05) is 18.3 Å². The minimum absolute atomic E-state index is 0.110. The lowest BCUT2D eigenvalue weighted by molar-refractivity contribution is -0.116. The zero-order valence-electron chi connectivity index (χ0n) is 10.5. The molecule has 0 fully saturated rings. The highest BCUT2D eigenvalue weighted by atomic mass is 16.1. The highest BCUT2D eigenvalue weighted by molar-refractivity contribution is 5.91. The first-order valence-electron chi connectivity index (χ1n) is 6.09. The summed E-state index contributed by atoms with van der Waals surface area (Å²) in [5, 5.41) is 2.83. The number of carbonyl (C=O) groups is 1. The molecule has 2 rings (SSSR count). The highest BCUT2D eigenvalue weighted by Crippen LogP contribution is 2.06. The van der Waals surface area contributed by atoms with E-state index in [4.69, 9.17) is 5.73 Å². The number of amides is 1. The summed E-state index contributed by atoms with van der Waals surface area (Å²) >= 11 is 0. The molecular formula is C16H16N2O. The molecule has 0 aromatic heterocycles. The zero-order valence-corrected chi connectivity index (χ0v) is 10.5. The molecule has 0 spiro atoms. The van der Waals surface area contributed by atoms with Crippen molar-refractivity contribution in [2.45, 2.75) is 6.54 Å². The third-order valence-electron chi connectivity index (χ3n) is 2.67. The van der Waals surface area contributed by atoms with Crippen LogP contribution in [0.4, 0.5) is 5.69 Å². The van der Waals surface area contributed by atoms with Crippen molar-refractivity contribution in [3.8, 4) is 0 Å². The van der Waals surface area contributed by atoms with E-state index in [0.29, 0.717) is 12.2 Å². The molecule has 0 radical (unpaired) electrons. The van der Waals surface area contributed by atoms with Gasteiger partial charge in [-0.05, 0) is 29.3 Å². The molecule has 3 N–H and O–H groups in total. The molecule has 96 valence electrons. The first-order valence-corrected chi connectivity index (χ1v) is 6.09. The van der Waals surface area contributed by atoms with Crippen LogP contribution >= 0.6 is 0 Å². The molecule has 3 heteroatoms. The summed E-state index contributed by atoms with van der Waals surface area (Å²) < 4.78 is 0. The summed E-state index contributed by atoms with van der Waals surface area (Å²) in [6.07, 6.45) is 3.29. The SMILES string of the molecule is Nc1ccc(/C=C/C(=O)NCc2ccccc2)cc1. The molecule has 0 atom stereocenters. The van der Waals surface area contributed by atoms with Crippen LogP contribution in [0.2, 0.25) is 0 Å². The first-order chi connectivity index (χ1) is 9.24. The quantitative estimate of drug-likeness (QED) is 0.649. The summed E-state index contributed by atoms with van der Waals surface area (Å²) in [5.41, 5.74) is 8.33. The Kier molecular flexibility index (Phi) is 4.34. The Balaban J connectivity index is 1.86. The van der Waals surface area contributed by atoms with E-state index in [2.05, 4.69) is 5.32 Å². The maximum atomic E-state index is 11.6. The van der Waals surface area contributed by atoms with E-state index in [-0.39, 0.29) is 5.91 Å². The summed E-state index contributed by atoms with van der Waals surface area (Å²) in [5.74, 6) is -0.110. The minimum atomic E-state index is -0.110. The highest BCUT2D eigenvalue weighted by Gasteiger charge is 1.96. The van der Waals surface area contributed by atoms with Gasteiger partial charge in [-0.1, -0.05) is 42.5 Å². The largest absolute Gasteiger partial charge is 0.399 e. The van der Waals surface area contributed by atoms with Crippen LogP contribution in [0.15, 0.2) is 60.7 Å². The maximum Gasteiger partial charge on any atom is 0.244 e. The molecular weight excluding hydrogens is 236 g/mol. The van der Waals surface area contributed by atoms with Gasteiger partial charge in [0.05, 0.1) is 0 Å². The predicted molar refractivity (Wildman–Crippen MR) is 78.2 cm³/mol. The van der Waals surface area contributed by atoms with Gasteiger partial charge in [0.25, 0.3) is 0 Å². The zero-order chi connectivity index (χ0) is 13.5. The van der Waals surface area contributed by atoms with Gasteiger partial charge in [-0.2, -0.15) is 0 Å². The van der Waals surface area contributed by atoms with E-state index >= 15 is 0 Å². The number of rotatable bonds is 4. The van der Waals surface area contributed by atoms with Crippen molar-refractivity contribution in [1.29, 1.82) is 0 Å². The van der Waals surface area contributed by atoms with Gasteiger partial charge < -0.3 is 11.1 Å². The van der Waals surface area contributed by atoms with Crippen molar-refractivity contribution in [3.63, 3.8) is 0 Å². The van der Waals surface area contributed by atoms with Crippen molar-refractivity contribution >= 4 is 17.7 Å². The van der Waals surface area contributed by atoms with Crippen molar-refractivity contribution in [1.82, 2.24) is 5.32 Å². The molecule has 1 amide bonds. The fourth-order valence-corrected chi connectivity index (χ4v) is 1.62. The third kappa shape index (κ3) is 4.32. The second kappa shape index (κ2) is 6.40. The second-order valence-corrected chi connectivity index (χ2v) is 4.20. The van der Waals surface area contributed by atoms with Gasteiger partial charge in [0.2, 0.25) is 5.91 Å². The molecule has 19 heavy (non-hydrogen) atoms. The smallest absolute Gasteiger partial charge is 0.244 e. The van der Waals surface area contributed by atoms with Crippen molar-refractivity contribution in [2.24, 2.45) is 0 Å². The maximum absolute atomic E-state index is 11.6.